The molecule has 0 fully saturated rings. The highest BCUT2D eigenvalue weighted by Crippen LogP contribution is 2.26. The lowest BCUT2D eigenvalue weighted by atomic mass is 10.0. The van der Waals surface area contributed by atoms with E-state index in [1.54, 1.807) is 20.3 Å². The second-order valence-electron chi connectivity index (χ2n) is 3.11. The number of methoxy groups -OCH3 is 2. The van der Waals surface area contributed by atoms with Crippen LogP contribution in [0.2, 0.25) is 0 Å². The van der Waals surface area contributed by atoms with Crippen LogP contribution < -0.4 is 15.2 Å². The molecule has 0 aliphatic heterocycles. The minimum absolute atomic E-state index is 0. The van der Waals surface area contributed by atoms with Gasteiger partial charge in [-0.15, -0.1) is 12.4 Å². The number of rotatable bonds is 4. The molecule has 0 amide bonds. The highest BCUT2D eigenvalue weighted by atomic mass is 35.5. The van der Waals surface area contributed by atoms with Gasteiger partial charge < -0.3 is 15.2 Å². The molecule has 0 heterocycles. The van der Waals surface area contributed by atoms with Crippen LogP contribution in [0.1, 0.15) is 18.0 Å². The van der Waals surface area contributed by atoms with Crippen molar-refractivity contribution in [2.24, 2.45) is 5.73 Å². The quantitative estimate of drug-likeness (QED) is 0.877. The molecule has 1 aromatic rings. The summed E-state index contributed by atoms with van der Waals surface area (Å²) in [7, 11) is 3.16. The van der Waals surface area contributed by atoms with Gasteiger partial charge in [0.05, 0.1) is 26.7 Å². The van der Waals surface area contributed by atoms with Gasteiger partial charge in [-0.1, -0.05) is 0 Å². The Labute approximate surface area is 101 Å². The first-order valence-electron chi connectivity index (χ1n) is 4.56. The fraction of sp³-hybridized carbons (Fsp3) is 0.364. The lowest BCUT2D eigenvalue weighted by Gasteiger charge is -2.11. The SMILES string of the molecule is COc1cc(OC)cc([C@@H](N)CC#N)c1.Cl. The molecule has 1 aromatic carbocycles. The number of nitrogens with zero attached hydrogens (tertiary/aromatic N) is 1. The van der Waals surface area contributed by atoms with E-state index in [1.807, 2.05) is 18.2 Å². The highest BCUT2D eigenvalue weighted by Gasteiger charge is 2.08. The molecule has 2 N–H and O–H groups in total. The number of benzene rings is 1. The van der Waals surface area contributed by atoms with Gasteiger partial charge in [0, 0.05) is 12.1 Å². The molecule has 1 rings (SSSR count). The number of nitrogens with two attached hydrogens (primary N) is 1. The summed E-state index contributed by atoms with van der Waals surface area (Å²) in [6.07, 6.45) is 0.274. The first kappa shape index (κ1) is 14.6. The van der Waals surface area contributed by atoms with Gasteiger partial charge in [0.25, 0.3) is 0 Å². The predicted octanol–water partition coefficient (Wildman–Crippen LogP) is 2.04. The molecular weight excluding hydrogens is 228 g/mol. The number of hydrogen-bond acceptors (Lipinski definition) is 4. The second-order valence-corrected chi connectivity index (χ2v) is 3.11. The zero-order valence-electron chi connectivity index (χ0n) is 9.27. The molecule has 0 radical (unpaired) electrons. The largest absolute Gasteiger partial charge is 0.497 e. The average molecular weight is 243 g/mol. The molecule has 0 unspecified atom stereocenters. The van der Waals surface area contributed by atoms with Gasteiger partial charge in [0.2, 0.25) is 0 Å². The Morgan fingerprint density at radius 1 is 1.25 bits per heavy atom. The van der Waals surface area contributed by atoms with Crippen molar-refractivity contribution < 1.29 is 9.47 Å². The molecule has 4 nitrogen and oxygen atoms in total. The van der Waals surface area contributed by atoms with Crippen molar-refractivity contribution in [2.45, 2.75) is 12.5 Å². The van der Waals surface area contributed by atoms with Crippen molar-refractivity contribution >= 4 is 12.4 Å². The summed E-state index contributed by atoms with van der Waals surface area (Å²) in [6, 6.07) is 7.11. The molecule has 0 saturated carbocycles. The van der Waals surface area contributed by atoms with E-state index in [1.165, 1.54) is 0 Å². The molecule has 0 aliphatic rings. The molecule has 0 saturated heterocycles. The van der Waals surface area contributed by atoms with E-state index in [4.69, 9.17) is 20.5 Å². The number of halogens is 1. The lowest BCUT2D eigenvalue weighted by Crippen LogP contribution is -2.09. The van der Waals surface area contributed by atoms with Gasteiger partial charge in [-0.05, 0) is 17.7 Å². The van der Waals surface area contributed by atoms with E-state index in [2.05, 4.69) is 0 Å². The second kappa shape index (κ2) is 6.94. The molecule has 0 spiro atoms. The van der Waals surface area contributed by atoms with E-state index in [9.17, 15) is 0 Å². The third-order valence-electron chi connectivity index (χ3n) is 2.11. The predicted molar refractivity (Wildman–Crippen MR) is 64.0 cm³/mol. The van der Waals surface area contributed by atoms with Gasteiger partial charge >= 0.3 is 0 Å². The Hall–Kier alpha value is -1.44. The topological polar surface area (TPSA) is 68.3 Å². The third kappa shape index (κ3) is 3.61. The van der Waals surface area contributed by atoms with Crippen LogP contribution in [0, 0.1) is 11.3 Å². The van der Waals surface area contributed by atoms with Crippen LogP contribution in [-0.2, 0) is 0 Å². The summed E-state index contributed by atoms with van der Waals surface area (Å²) in [4.78, 5) is 0. The van der Waals surface area contributed by atoms with Crippen molar-refractivity contribution in [1.29, 1.82) is 5.26 Å². The van der Waals surface area contributed by atoms with Crippen LogP contribution in [-0.4, -0.2) is 14.2 Å². The standard InChI is InChI=1S/C11H14N2O2.ClH/c1-14-9-5-8(11(13)3-4-12)6-10(7-9)15-2;/h5-7,11H,3,13H2,1-2H3;1H/t11-;/m0./s1. The van der Waals surface area contributed by atoms with Crippen molar-refractivity contribution in [1.82, 2.24) is 0 Å². The molecule has 0 aromatic heterocycles. The Balaban J connectivity index is 0.00000225. The van der Waals surface area contributed by atoms with Gasteiger partial charge in [-0.25, -0.2) is 0 Å². The van der Waals surface area contributed by atoms with Crippen molar-refractivity contribution in [3.8, 4) is 17.6 Å². The van der Waals surface area contributed by atoms with Crippen LogP contribution in [0.5, 0.6) is 11.5 Å². The third-order valence-corrected chi connectivity index (χ3v) is 2.11. The summed E-state index contributed by atoms with van der Waals surface area (Å²) < 4.78 is 10.2. The minimum Gasteiger partial charge on any atom is -0.497 e. The van der Waals surface area contributed by atoms with Gasteiger partial charge in [-0.2, -0.15) is 5.26 Å². The van der Waals surface area contributed by atoms with Gasteiger partial charge in [-0.3, -0.25) is 0 Å². The maximum Gasteiger partial charge on any atom is 0.122 e. The molecule has 88 valence electrons. The lowest BCUT2D eigenvalue weighted by molar-refractivity contribution is 0.392. The smallest absolute Gasteiger partial charge is 0.122 e. The molecule has 0 bridgehead atoms. The van der Waals surface area contributed by atoms with Crippen LogP contribution in [0.4, 0.5) is 0 Å². The van der Waals surface area contributed by atoms with Crippen molar-refractivity contribution in [3.63, 3.8) is 0 Å². The highest BCUT2D eigenvalue weighted by molar-refractivity contribution is 5.85. The zero-order valence-corrected chi connectivity index (χ0v) is 10.1. The van der Waals surface area contributed by atoms with E-state index >= 15 is 0 Å². The van der Waals surface area contributed by atoms with Crippen LogP contribution in [0.3, 0.4) is 0 Å². The van der Waals surface area contributed by atoms with E-state index in [0.29, 0.717) is 11.5 Å². The van der Waals surface area contributed by atoms with Crippen molar-refractivity contribution in [2.75, 3.05) is 14.2 Å². The molecule has 1 atom stereocenters. The van der Waals surface area contributed by atoms with Crippen LogP contribution in [0.15, 0.2) is 18.2 Å². The van der Waals surface area contributed by atoms with E-state index < -0.39 is 0 Å². The Kier molecular flexibility index (Phi) is 6.31. The summed E-state index contributed by atoms with van der Waals surface area (Å²) in [5, 5.41) is 8.56. The Morgan fingerprint density at radius 3 is 2.12 bits per heavy atom. The molecule has 5 heteroatoms. The van der Waals surface area contributed by atoms with Gasteiger partial charge in [0.1, 0.15) is 11.5 Å². The van der Waals surface area contributed by atoms with E-state index in [0.717, 1.165) is 5.56 Å². The van der Waals surface area contributed by atoms with Crippen molar-refractivity contribution in [3.05, 3.63) is 23.8 Å². The first-order valence-corrected chi connectivity index (χ1v) is 4.56. The first-order chi connectivity index (χ1) is 7.21. The summed E-state index contributed by atoms with van der Waals surface area (Å²) in [6.45, 7) is 0. The fourth-order valence-corrected chi connectivity index (χ4v) is 1.26. The molecular formula is C11H15ClN2O2. The zero-order chi connectivity index (χ0) is 11.3. The average Bonchev–Trinajstić information content (AvgIpc) is 2.28. The Bertz CT molecular complexity index is 354. The monoisotopic (exact) mass is 242 g/mol. The summed E-state index contributed by atoms with van der Waals surface area (Å²) in [5.74, 6) is 1.36. The number of ether oxygens (including phenoxy) is 2. The number of nitriles is 1. The summed E-state index contributed by atoms with van der Waals surface area (Å²) >= 11 is 0. The molecule has 0 aliphatic carbocycles. The number of hydrogen-bond donors (Lipinski definition) is 1. The summed E-state index contributed by atoms with van der Waals surface area (Å²) in [5.41, 5.74) is 6.66. The van der Waals surface area contributed by atoms with Crippen LogP contribution in [0.25, 0.3) is 0 Å². The normalized spacial score (nSPS) is 10.9. The minimum atomic E-state index is -0.306. The van der Waals surface area contributed by atoms with E-state index in [-0.39, 0.29) is 24.9 Å². The maximum absolute atomic E-state index is 8.56. The molecule has 16 heavy (non-hydrogen) atoms. The Morgan fingerprint density at radius 2 is 1.75 bits per heavy atom. The fourth-order valence-electron chi connectivity index (χ4n) is 1.26. The maximum atomic E-state index is 8.56. The van der Waals surface area contributed by atoms with Crippen LogP contribution >= 0.6 is 12.4 Å². The van der Waals surface area contributed by atoms with Gasteiger partial charge in [0.15, 0.2) is 0 Å².